The summed E-state index contributed by atoms with van der Waals surface area (Å²) in [6, 6.07) is 11.9. The number of carbonyl (C=O) groups excluding carboxylic acids is 1. The normalized spacial score (nSPS) is 14.3. The molecule has 0 spiro atoms. The van der Waals surface area contributed by atoms with E-state index in [0.717, 1.165) is 11.3 Å². The standard InChI is InChI=1S/C19H22N8O/c20-7-9-27-14-17(23-24-27)18(28)25-10-12-26(13-11-25)19-21-8-6-16(22-19)15-4-2-1-3-5-15/h1-6,8,14H,7,9-13,20H2. The van der Waals surface area contributed by atoms with E-state index in [0.29, 0.717) is 50.9 Å². The van der Waals surface area contributed by atoms with E-state index in [2.05, 4.69) is 20.2 Å². The van der Waals surface area contributed by atoms with Crippen molar-refractivity contribution in [1.29, 1.82) is 0 Å². The Hall–Kier alpha value is -3.33. The van der Waals surface area contributed by atoms with E-state index in [-0.39, 0.29) is 5.91 Å². The minimum absolute atomic E-state index is 0.109. The van der Waals surface area contributed by atoms with Gasteiger partial charge in [0.25, 0.3) is 5.91 Å². The Kier molecular flexibility index (Phi) is 5.24. The van der Waals surface area contributed by atoms with Gasteiger partial charge in [0, 0.05) is 44.5 Å². The number of carbonyl (C=O) groups is 1. The van der Waals surface area contributed by atoms with E-state index in [1.54, 1.807) is 22.0 Å². The van der Waals surface area contributed by atoms with Crippen LogP contribution in [-0.4, -0.2) is 68.5 Å². The molecular weight excluding hydrogens is 356 g/mol. The van der Waals surface area contributed by atoms with Crippen LogP contribution in [0.25, 0.3) is 11.3 Å². The number of hydrogen-bond acceptors (Lipinski definition) is 7. The monoisotopic (exact) mass is 378 g/mol. The predicted octanol–water partition coefficient (Wildman–Crippen LogP) is 0.656. The molecule has 0 aliphatic carbocycles. The van der Waals surface area contributed by atoms with Crippen LogP contribution in [0.4, 0.5) is 5.95 Å². The molecule has 28 heavy (non-hydrogen) atoms. The van der Waals surface area contributed by atoms with Crippen molar-refractivity contribution in [3.05, 3.63) is 54.5 Å². The minimum Gasteiger partial charge on any atom is -0.337 e. The summed E-state index contributed by atoms with van der Waals surface area (Å²) >= 11 is 0. The summed E-state index contributed by atoms with van der Waals surface area (Å²) < 4.78 is 1.59. The Bertz CT molecular complexity index is 934. The number of benzene rings is 1. The molecule has 144 valence electrons. The van der Waals surface area contributed by atoms with Crippen LogP contribution in [0.1, 0.15) is 10.5 Å². The summed E-state index contributed by atoms with van der Waals surface area (Å²) in [5.74, 6) is 0.573. The highest BCUT2D eigenvalue weighted by Crippen LogP contribution is 2.19. The maximum atomic E-state index is 12.6. The first kappa shape index (κ1) is 18.1. The van der Waals surface area contributed by atoms with E-state index in [1.165, 1.54) is 0 Å². The molecule has 0 radical (unpaired) electrons. The molecule has 3 heterocycles. The van der Waals surface area contributed by atoms with Gasteiger partial charge in [-0.2, -0.15) is 0 Å². The lowest BCUT2D eigenvalue weighted by Gasteiger charge is -2.34. The lowest BCUT2D eigenvalue weighted by Crippen LogP contribution is -2.49. The van der Waals surface area contributed by atoms with Gasteiger partial charge in [0.05, 0.1) is 18.4 Å². The number of piperazine rings is 1. The van der Waals surface area contributed by atoms with E-state index >= 15 is 0 Å². The zero-order valence-corrected chi connectivity index (χ0v) is 15.5. The largest absolute Gasteiger partial charge is 0.337 e. The van der Waals surface area contributed by atoms with Crippen molar-refractivity contribution < 1.29 is 4.79 Å². The van der Waals surface area contributed by atoms with Gasteiger partial charge in [-0.05, 0) is 6.07 Å². The quantitative estimate of drug-likeness (QED) is 0.695. The second kappa shape index (κ2) is 8.13. The summed E-state index contributed by atoms with van der Waals surface area (Å²) in [6.45, 7) is 3.51. The molecule has 1 aromatic carbocycles. The average Bonchev–Trinajstić information content (AvgIpc) is 3.23. The summed E-state index contributed by atoms with van der Waals surface area (Å²) in [6.07, 6.45) is 3.42. The summed E-state index contributed by atoms with van der Waals surface area (Å²) in [7, 11) is 0. The van der Waals surface area contributed by atoms with Crippen LogP contribution in [0.15, 0.2) is 48.8 Å². The second-order valence-electron chi connectivity index (χ2n) is 6.54. The van der Waals surface area contributed by atoms with Gasteiger partial charge in [0.2, 0.25) is 5.95 Å². The lowest BCUT2D eigenvalue weighted by atomic mass is 10.1. The number of hydrogen-bond donors (Lipinski definition) is 1. The highest BCUT2D eigenvalue weighted by molar-refractivity contribution is 5.92. The van der Waals surface area contributed by atoms with Gasteiger partial charge in [-0.1, -0.05) is 35.5 Å². The molecule has 0 saturated carbocycles. The van der Waals surface area contributed by atoms with Crippen LogP contribution in [0.3, 0.4) is 0 Å². The minimum atomic E-state index is -0.109. The van der Waals surface area contributed by atoms with E-state index in [1.807, 2.05) is 36.4 Å². The zero-order chi connectivity index (χ0) is 19.3. The van der Waals surface area contributed by atoms with Crippen molar-refractivity contribution in [2.24, 2.45) is 5.73 Å². The molecule has 1 amide bonds. The van der Waals surface area contributed by atoms with Crippen molar-refractivity contribution in [3.63, 3.8) is 0 Å². The van der Waals surface area contributed by atoms with E-state index in [9.17, 15) is 4.79 Å². The number of aromatic nitrogens is 5. The van der Waals surface area contributed by atoms with Gasteiger partial charge in [-0.25, -0.2) is 9.97 Å². The smallest absolute Gasteiger partial charge is 0.276 e. The summed E-state index contributed by atoms with van der Waals surface area (Å²) in [4.78, 5) is 25.6. The third-order valence-electron chi connectivity index (χ3n) is 4.68. The van der Waals surface area contributed by atoms with Crippen LogP contribution >= 0.6 is 0 Å². The fraction of sp³-hybridized carbons (Fsp3) is 0.316. The first-order valence-corrected chi connectivity index (χ1v) is 9.27. The lowest BCUT2D eigenvalue weighted by molar-refractivity contribution is 0.0740. The number of anilines is 1. The van der Waals surface area contributed by atoms with Crippen LogP contribution in [0, 0.1) is 0 Å². The van der Waals surface area contributed by atoms with Crippen LogP contribution in [0.2, 0.25) is 0 Å². The molecule has 0 unspecified atom stereocenters. The topological polar surface area (TPSA) is 106 Å². The molecular formula is C19H22N8O. The van der Waals surface area contributed by atoms with Gasteiger partial charge in [0.1, 0.15) is 0 Å². The Morgan fingerprint density at radius 3 is 2.61 bits per heavy atom. The van der Waals surface area contributed by atoms with Gasteiger partial charge < -0.3 is 15.5 Å². The van der Waals surface area contributed by atoms with Crippen molar-refractivity contribution >= 4 is 11.9 Å². The molecule has 1 fully saturated rings. The van der Waals surface area contributed by atoms with Gasteiger partial charge in [-0.15, -0.1) is 5.10 Å². The molecule has 4 rings (SSSR count). The maximum Gasteiger partial charge on any atom is 0.276 e. The fourth-order valence-electron chi connectivity index (χ4n) is 3.18. The van der Waals surface area contributed by atoms with Crippen molar-refractivity contribution in [2.75, 3.05) is 37.6 Å². The second-order valence-corrected chi connectivity index (χ2v) is 6.54. The van der Waals surface area contributed by atoms with Gasteiger partial charge >= 0.3 is 0 Å². The van der Waals surface area contributed by atoms with Crippen molar-refractivity contribution in [2.45, 2.75) is 6.54 Å². The number of nitrogens with two attached hydrogens (primary N) is 1. The SMILES string of the molecule is NCCn1cc(C(=O)N2CCN(c3nccc(-c4ccccc4)n3)CC2)nn1. The molecule has 0 atom stereocenters. The molecule has 3 aromatic rings. The maximum absolute atomic E-state index is 12.6. The van der Waals surface area contributed by atoms with Crippen molar-refractivity contribution in [3.8, 4) is 11.3 Å². The Labute approximate surface area is 162 Å². The highest BCUT2D eigenvalue weighted by Gasteiger charge is 2.25. The number of rotatable bonds is 5. The van der Waals surface area contributed by atoms with E-state index < -0.39 is 0 Å². The van der Waals surface area contributed by atoms with Gasteiger partial charge in [0.15, 0.2) is 5.69 Å². The van der Waals surface area contributed by atoms with Crippen molar-refractivity contribution in [1.82, 2.24) is 29.9 Å². The molecule has 0 bridgehead atoms. The third kappa shape index (κ3) is 3.84. The molecule has 2 aromatic heterocycles. The van der Waals surface area contributed by atoms with Crippen LogP contribution in [0.5, 0.6) is 0 Å². The van der Waals surface area contributed by atoms with Crippen LogP contribution in [-0.2, 0) is 6.54 Å². The molecule has 9 nitrogen and oxygen atoms in total. The zero-order valence-electron chi connectivity index (χ0n) is 15.5. The first-order chi connectivity index (χ1) is 13.7. The third-order valence-corrected chi connectivity index (χ3v) is 4.68. The Morgan fingerprint density at radius 2 is 1.86 bits per heavy atom. The molecule has 1 saturated heterocycles. The highest BCUT2D eigenvalue weighted by atomic mass is 16.2. The number of nitrogens with zero attached hydrogens (tertiary/aromatic N) is 7. The first-order valence-electron chi connectivity index (χ1n) is 9.27. The predicted molar refractivity (Wildman–Crippen MR) is 105 cm³/mol. The van der Waals surface area contributed by atoms with Crippen LogP contribution < -0.4 is 10.6 Å². The molecule has 1 aliphatic heterocycles. The Morgan fingerprint density at radius 1 is 1.07 bits per heavy atom. The summed E-state index contributed by atoms with van der Waals surface area (Å²) in [5.41, 5.74) is 7.80. The molecule has 2 N–H and O–H groups in total. The fourth-order valence-corrected chi connectivity index (χ4v) is 3.18. The van der Waals surface area contributed by atoms with Gasteiger partial charge in [-0.3, -0.25) is 9.48 Å². The van der Waals surface area contributed by atoms with E-state index in [4.69, 9.17) is 10.7 Å². The molecule has 9 heteroatoms. The average molecular weight is 378 g/mol. The molecule has 1 aliphatic rings. The number of amides is 1. The Balaban J connectivity index is 1.41. The summed E-state index contributed by atoms with van der Waals surface area (Å²) in [5, 5.41) is 7.89.